The number of para-hydroxylation sites is 1. The summed E-state index contributed by atoms with van der Waals surface area (Å²) >= 11 is 7.28. The zero-order valence-electron chi connectivity index (χ0n) is 17.9. The molecule has 168 valence electrons. The summed E-state index contributed by atoms with van der Waals surface area (Å²) in [6.07, 6.45) is 0.583. The maximum Gasteiger partial charge on any atom is 0.296 e. The third kappa shape index (κ3) is 4.77. The minimum atomic E-state index is -0.346. The van der Waals surface area contributed by atoms with Crippen LogP contribution in [0.2, 0.25) is 5.02 Å². The largest absolute Gasteiger partial charge is 0.368 e. The van der Waals surface area contributed by atoms with Crippen molar-refractivity contribution in [1.29, 1.82) is 0 Å². The lowest BCUT2D eigenvalue weighted by Gasteiger charge is -2.36. The molecule has 2 aromatic carbocycles. The Kier molecular flexibility index (Phi) is 6.11. The first kappa shape index (κ1) is 21.6. The molecule has 0 bridgehead atoms. The Morgan fingerprint density at radius 3 is 2.45 bits per heavy atom. The summed E-state index contributed by atoms with van der Waals surface area (Å²) in [5.74, 6) is 0.0576. The quantitative estimate of drug-likeness (QED) is 0.439. The van der Waals surface area contributed by atoms with Gasteiger partial charge in [-0.2, -0.15) is 10.1 Å². The van der Waals surface area contributed by atoms with Crippen molar-refractivity contribution in [2.75, 3.05) is 31.1 Å². The number of nitrogens with zero attached hydrogens (tertiary/aromatic N) is 5. The molecule has 33 heavy (non-hydrogen) atoms. The van der Waals surface area contributed by atoms with Crippen LogP contribution in [-0.4, -0.2) is 51.6 Å². The topological polar surface area (TPSA) is 70.8 Å². The maximum absolute atomic E-state index is 13.0. The number of hydrogen-bond donors (Lipinski definition) is 0. The highest BCUT2D eigenvalue weighted by Gasteiger charge is 2.23. The molecule has 2 aromatic heterocycles. The van der Waals surface area contributed by atoms with E-state index in [1.807, 2.05) is 40.6 Å². The van der Waals surface area contributed by atoms with Crippen molar-refractivity contribution in [3.05, 3.63) is 92.3 Å². The molecule has 9 heteroatoms. The Labute approximate surface area is 199 Å². The number of amides is 1. The number of piperazine rings is 1. The van der Waals surface area contributed by atoms with Crippen molar-refractivity contribution in [3.8, 4) is 0 Å². The summed E-state index contributed by atoms with van der Waals surface area (Å²) in [5.41, 5.74) is 2.85. The molecular weight excluding hydrogens is 458 g/mol. The van der Waals surface area contributed by atoms with Gasteiger partial charge in [-0.25, -0.2) is 4.52 Å². The van der Waals surface area contributed by atoms with Gasteiger partial charge in [0.05, 0.1) is 12.1 Å². The molecule has 1 aliphatic heterocycles. The van der Waals surface area contributed by atoms with Crippen LogP contribution < -0.4 is 10.5 Å². The van der Waals surface area contributed by atoms with Gasteiger partial charge in [0.15, 0.2) is 0 Å². The summed E-state index contributed by atoms with van der Waals surface area (Å²) in [4.78, 5) is 34.3. The summed E-state index contributed by atoms with van der Waals surface area (Å²) in [5, 5.41) is 7.04. The highest BCUT2D eigenvalue weighted by Crippen LogP contribution is 2.18. The lowest BCUT2D eigenvalue weighted by Crippen LogP contribution is -2.49. The second-order valence-electron chi connectivity index (χ2n) is 7.97. The number of carbonyl (C=O) groups is 1. The molecule has 1 fully saturated rings. The number of hydrogen-bond acceptors (Lipinski definition) is 6. The molecule has 0 unspecified atom stereocenters. The van der Waals surface area contributed by atoms with Crippen LogP contribution in [0, 0.1) is 0 Å². The molecule has 5 rings (SSSR count). The van der Waals surface area contributed by atoms with Gasteiger partial charge in [-0.05, 0) is 29.8 Å². The highest BCUT2D eigenvalue weighted by atomic mass is 35.5. The summed E-state index contributed by atoms with van der Waals surface area (Å²) in [6, 6.07) is 17.6. The lowest BCUT2D eigenvalue weighted by atomic mass is 10.1. The Hall–Kier alpha value is -3.23. The van der Waals surface area contributed by atoms with E-state index < -0.39 is 0 Å². The van der Waals surface area contributed by atoms with Crippen LogP contribution >= 0.6 is 22.9 Å². The minimum Gasteiger partial charge on any atom is -0.368 e. The van der Waals surface area contributed by atoms with Crippen molar-refractivity contribution in [1.82, 2.24) is 19.5 Å². The fourth-order valence-electron chi connectivity index (χ4n) is 3.98. The van der Waals surface area contributed by atoms with Gasteiger partial charge in [-0.3, -0.25) is 9.59 Å². The fraction of sp³-hybridized carbons (Fsp3) is 0.250. The Bertz CT molecular complexity index is 1330. The lowest BCUT2D eigenvalue weighted by molar-refractivity contribution is -0.130. The van der Waals surface area contributed by atoms with Crippen LogP contribution in [0.25, 0.3) is 4.96 Å². The van der Waals surface area contributed by atoms with Crippen molar-refractivity contribution >= 4 is 39.5 Å². The summed E-state index contributed by atoms with van der Waals surface area (Å²) in [6.45, 7) is 2.97. The highest BCUT2D eigenvalue weighted by molar-refractivity contribution is 7.15. The van der Waals surface area contributed by atoms with Crippen molar-refractivity contribution < 1.29 is 4.79 Å². The predicted octanol–water partition coefficient (Wildman–Crippen LogP) is 3.29. The van der Waals surface area contributed by atoms with Gasteiger partial charge in [-0.1, -0.05) is 41.9 Å². The molecule has 1 saturated heterocycles. The van der Waals surface area contributed by atoms with Gasteiger partial charge in [0.2, 0.25) is 10.9 Å². The third-order valence-corrected chi connectivity index (χ3v) is 6.91. The Morgan fingerprint density at radius 1 is 1.00 bits per heavy atom. The minimum absolute atomic E-state index is 0.0576. The van der Waals surface area contributed by atoms with Crippen LogP contribution in [0.5, 0.6) is 0 Å². The van der Waals surface area contributed by atoms with E-state index in [1.54, 1.807) is 16.6 Å². The number of benzene rings is 2. The van der Waals surface area contributed by atoms with Gasteiger partial charge < -0.3 is 9.80 Å². The molecule has 0 radical (unpaired) electrons. The molecule has 0 spiro atoms. The number of anilines is 1. The monoisotopic (exact) mass is 479 g/mol. The van der Waals surface area contributed by atoms with E-state index in [-0.39, 0.29) is 17.9 Å². The number of halogens is 1. The number of carbonyl (C=O) groups excluding carboxylic acids is 1. The van der Waals surface area contributed by atoms with Gasteiger partial charge in [-0.15, -0.1) is 11.3 Å². The Balaban J connectivity index is 1.29. The Morgan fingerprint density at radius 2 is 1.73 bits per heavy atom. The van der Waals surface area contributed by atoms with Crippen molar-refractivity contribution in [2.45, 2.75) is 12.8 Å². The van der Waals surface area contributed by atoms with E-state index in [4.69, 9.17) is 11.6 Å². The predicted molar refractivity (Wildman–Crippen MR) is 130 cm³/mol. The zero-order valence-corrected chi connectivity index (χ0v) is 19.4. The maximum atomic E-state index is 13.0. The van der Waals surface area contributed by atoms with E-state index in [0.29, 0.717) is 35.2 Å². The van der Waals surface area contributed by atoms with E-state index in [9.17, 15) is 9.59 Å². The van der Waals surface area contributed by atoms with E-state index in [2.05, 4.69) is 27.1 Å². The van der Waals surface area contributed by atoms with Gasteiger partial charge in [0.25, 0.3) is 5.56 Å². The van der Waals surface area contributed by atoms with Crippen LogP contribution in [0.4, 0.5) is 5.69 Å². The second-order valence-corrected chi connectivity index (χ2v) is 9.24. The average molecular weight is 480 g/mol. The number of aromatic nitrogens is 3. The molecular formula is C24H22ClN5O2S. The third-order valence-electron chi connectivity index (χ3n) is 5.79. The number of thiazole rings is 1. The molecule has 0 aliphatic carbocycles. The number of rotatable bonds is 5. The molecule has 4 aromatic rings. The standard InChI is InChI=1S/C24H22ClN5O2S/c25-18-8-6-17(7-9-18)14-21-23(32)26-24-30(27-21)20(16-33-24)15-22(31)29-12-10-28(11-13-29)19-4-2-1-3-5-19/h1-9,16H,10-15H2. The van der Waals surface area contributed by atoms with Gasteiger partial charge in [0.1, 0.15) is 5.69 Å². The van der Waals surface area contributed by atoms with Crippen LogP contribution in [-0.2, 0) is 17.6 Å². The zero-order chi connectivity index (χ0) is 22.8. The molecule has 1 aliphatic rings. The van der Waals surface area contributed by atoms with Crippen LogP contribution in [0.1, 0.15) is 17.0 Å². The molecule has 0 N–H and O–H groups in total. The molecule has 7 nitrogen and oxygen atoms in total. The SMILES string of the molecule is O=C(Cc1csc2nc(=O)c(Cc3ccc(Cl)cc3)nn12)N1CCN(c2ccccc2)CC1. The normalized spacial score (nSPS) is 14.1. The van der Waals surface area contributed by atoms with Gasteiger partial charge in [0, 0.05) is 48.7 Å². The molecule has 0 atom stereocenters. The van der Waals surface area contributed by atoms with E-state index in [1.165, 1.54) is 17.0 Å². The molecule has 1 amide bonds. The first-order valence-electron chi connectivity index (χ1n) is 10.8. The second kappa shape index (κ2) is 9.33. The average Bonchev–Trinajstić information content (AvgIpc) is 3.22. The van der Waals surface area contributed by atoms with E-state index >= 15 is 0 Å². The van der Waals surface area contributed by atoms with Crippen LogP contribution in [0.3, 0.4) is 0 Å². The first-order valence-corrected chi connectivity index (χ1v) is 12.0. The number of fused-ring (bicyclic) bond motifs is 1. The fourth-order valence-corrected chi connectivity index (χ4v) is 4.93. The van der Waals surface area contributed by atoms with Gasteiger partial charge >= 0.3 is 0 Å². The van der Waals surface area contributed by atoms with Crippen molar-refractivity contribution in [3.63, 3.8) is 0 Å². The summed E-state index contributed by atoms with van der Waals surface area (Å²) in [7, 11) is 0. The molecule has 3 heterocycles. The van der Waals surface area contributed by atoms with Crippen molar-refractivity contribution in [2.24, 2.45) is 0 Å². The first-order chi connectivity index (χ1) is 16.1. The van der Waals surface area contributed by atoms with Crippen LogP contribution in [0.15, 0.2) is 64.8 Å². The smallest absolute Gasteiger partial charge is 0.296 e. The molecule has 0 saturated carbocycles. The summed E-state index contributed by atoms with van der Waals surface area (Å²) < 4.78 is 1.63. The van der Waals surface area contributed by atoms with E-state index in [0.717, 1.165) is 24.3 Å².